The molecule has 1 saturated heterocycles. The Morgan fingerprint density at radius 1 is 1.38 bits per heavy atom. The van der Waals surface area contributed by atoms with Crippen LogP contribution in [0.4, 0.5) is 5.69 Å². The molecule has 0 bridgehead atoms. The fourth-order valence-corrected chi connectivity index (χ4v) is 2.52. The number of nitrogens with zero attached hydrogens (tertiary/aromatic N) is 3. The molecule has 2 heterocycles. The number of anilines is 1. The van der Waals surface area contributed by atoms with E-state index in [1.54, 1.807) is 30.3 Å². The van der Waals surface area contributed by atoms with E-state index in [0.29, 0.717) is 24.4 Å². The number of hydrogen-bond acceptors (Lipinski definition) is 7. The zero-order valence-corrected chi connectivity index (χ0v) is 12.4. The van der Waals surface area contributed by atoms with Crippen LogP contribution < -0.4 is 15.8 Å². The molecule has 3 rings (SSSR count). The first-order valence-corrected chi connectivity index (χ1v) is 7.10. The Labute approximate surface area is 136 Å². The zero-order chi connectivity index (χ0) is 17.1. The average Bonchev–Trinajstić information content (AvgIpc) is 3.02. The molecule has 0 spiro atoms. The minimum absolute atomic E-state index is 0.187. The molecule has 0 aliphatic carbocycles. The third kappa shape index (κ3) is 2.83. The third-order valence-corrected chi connectivity index (χ3v) is 3.55. The van der Waals surface area contributed by atoms with Gasteiger partial charge in [-0.15, -0.1) is 0 Å². The summed E-state index contributed by atoms with van der Waals surface area (Å²) >= 11 is 0. The maximum atomic E-state index is 12.2. The highest BCUT2D eigenvalue weighted by atomic mass is 16.6. The highest BCUT2D eigenvalue weighted by molar-refractivity contribution is 5.69. The van der Waals surface area contributed by atoms with E-state index >= 15 is 0 Å². The lowest BCUT2D eigenvalue weighted by molar-refractivity contribution is -0.403. The van der Waals surface area contributed by atoms with E-state index in [2.05, 4.69) is 5.32 Å². The molecule has 1 fully saturated rings. The Kier molecular flexibility index (Phi) is 3.99. The Balaban J connectivity index is 2.16. The van der Waals surface area contributed by atoms with Crippen molar-refractivity contribution in [1.82, 2.24) is 5.32 Å². The molecule has 24 heavy (non-hydrogen) atoms. The van der Waals surface area contributed by atoms with Gasteiger partial charge in [0, 0.05) is 24.7 Å². The molecule has 1 aromatic carbocycles. The van der Waals surface area contributed by atoms with E-state index in [1.807, 2.05) is 12.1 Å². The van der Waals surface area contributed by atoms with E-state index in [4.69, 9.17) is 4.42 Å². The van der Waals surface area contributed by atoms with Crippen molar-refractivity contribution in [1.29, 1.82) is 5.26 Å². The molecule has 0 unspecified atom stereocenters. The average molecular weight is 324 g/mol. The maximum absolute atomic E-state index is 12.2. The summed E-state index contributed by atoms with van der Waals surface area (Å²) in [5.41, 5.74) is -0.00756. The second-order valence-electron chi connectivity index (χ2n) is 5.01. The third-order valence-electron chi connectivity index (χ3n) is 3.55. The Bertz CT molecular complexity index is 912. The van der Waals surface area contributed by atoms with Gasteiger partial charge in [0.25, 0.3) is 6.20 Å². The summed E-state index contributed by atoms with van der Waals surface area (Å²) in [6, 6.07) is 12.3. The second kappa shape index (κ2) is 6.26. The second-order valence-corrected chi connectivity index (χ2v) is 5.01. The van der Waals surface area contributed by atoms with Crippen molar-refractivity contribution in [3.8, 4) is 17.4 Å². The van der Waals surface area contributed by atoms with Crippen LogP contribution in [0.2, 0.25) is 0 Å². The zero-order valence-electron chi connectivity index (χ0n) is 12.4. The van der Waals surface area contributed by atoms with Crippen molar-refractivity contribution in [2.75, 3.05) is 18.0 Å². The van der Waals surface area contributed by atoms with Gasteiger partial charge in [-0.1, -0.05) is 30.3 Å². The predicted octanol–water partition coefficient (Wildman–Crippen LogP) is 1.66. The molecule has 2 aromatic rings. The Morgan fingerprint density at radius 2 is 2.12 bits per heavy atom. The summed E-state index contributed by atoms with van der Waals surface area (Å²) in [6.07, 6.45) is 0.810. The van der Waals surface area contributed by atoms with Gasteiger partial charge in [0.1, 0.15) is 11.8 Å². The first kappa shape index (κ1) is 15.3. The largest absolute Gasteiger partial charge is 0.422 e. The Hall–Kier alpha value is -3.60. The fraction of sp³-hybridized carbons (Fsp3) is 0.125. The normalized spacial score (nSPS) is 15.1. The van der Waals surface area contributed by atoms with Crippen LogP contribution in [0.5, 0.6) is 0 Å². The van der Waals surface area contributed by atoms with E-state index in [9.17, 15) is 20.2 Å². The fourth-order valence-electron chi connectivity index (χ4n) is 2.52. The van der Waals surface area contributed by atoms with E-state index < -0.39 is 10.5 Å². The lowest BCUT2D eigenvalue weighted by Crippen LogP contribution is -2.23. The van der Waals surface area contributed by atoms with Gasteiger partial charge < -0.3 is 14.6 Å². The van der Waals surface area contributed by atoms with Crippen molar-refractivity contribution in [3.05, 3.63) is 74.5 Å². The van der Waals surface area contributed by atoms with Crippen LogP contribution in [0.3, 0.4) is 0 Å². The molecule has 1 aliphatic rings. The summed E-state index contributed by atoms with van der Waals surface area (Å²) in [5, 5.41) is 22.9. The van der Waals surface area contributed by atoms with Crippen LogP contribution in [-0.2, 0) is 0 Å². The van der Waals surface area contributed by atoms with Crippen molar-refractivity contribution in [2.45, 2.75) is 0 Å². The number of hydrogen-bond donors (Lipinski definition) is 1. The van der Waals surface area contributed by atoms with Gasteiger partial charge in [0.05, 0.1) is 10.6 Å². The number of nitro groups is 1. The van der Waals surface area contributed by atoms with Gasteiger partial charge in [-0.2, -0.15) is 5.26 Å². The molecule has 8 heteroatoms. The smallest absolute Gasteiger partial charge is 0.356 e. The standard InChI is InChI=1S/C16H12N4O4/c17-9-12-13(19-7-6-18-15(19)10-20(22)23)8-14(24-16(12)21)11-4-2-1-3-5-11/h1-5,8,10,18H,6-7H2/b15-10+. The summed E-state index contributed by atoms with van der Waals surface area (Å²) in [4.78, 5) is 23.9. The highest BCUT2D eigenvalue weighted by Crippen LogP contribution is 2.28. The number of benzene rings is 1. The molecule has 0 atom stereocenters. The van der Waals surface area contributed by atoms with Crippen LogP contribution in [0.15, 0.2) is 57.6 Å². The number of nitrogens with one attached hydrogen (secondary N) is 1. The lowest BCUT2D eigenvalue weighted by Gasteiger charge is -2.18. The molecular weight excluding hydrogens is 312 g/mol. The van der Waals surface area contributed by atoms with Crippen LogP contribution >= 0.6 is 0 Å². The van der Waals surface area contributed by atoms with Gasteiger partial charge in [-0.05, 0) is 0 Å². The maximum Gasteiger partial charge on any atom is 0.356 e. The van der Waals surface area contributed by atoms with Gasteiger partial charge in [0.15, 0.2) is 11.4 Å². The first-order valence-electron chi connectivity index (χ1n) is 7.10. The van der Waals surface area contributed by atoms with Crippen LogP contribution in [0.25, 0.3) is 11.3 Å². The number of rotatable bonds is 3. The monoisotopic (exact) mass is 324 g/mol. The Morgan fingerprint density at radius 3 is 2.79 bits per heavy atom. The van der Waals surface area contributed by atoms with Gasteiger partial charge in [-0.3, -0.25) is 10.1 Å². The topological polar surface area (TPSA) is 112 Å². The molecule has 0 radical (unpaired) electrons. The predicted molar refractivity (Wildman–Crippen MR) is 85.6 cm³/mol. The first-order chi connectivity index (χ1) is 11.6. The molecule has 1 aromatic heterocycles. The summed E-state index contributed by atoms with van der Waals surface area (Å²) in [5.74, 6) is 0.517. The van der Waals surface area contributed by atoms with Crippen LogP contribution in [0, 0.1) is 21.4 Å². The van der Waals surface area contributed by atoms with Gasteiger partial charge in [0.2, 0.25) is 0 Å². The molecule has 1 N–H and O–H groups in total. The quantitative estimate of drug-likeness (QED) is 0.675. The molecule has 8 nitrogen and oxygen atoms in total. The van der Waals surface area contributed by atoms with Crippen LogP contribution in [0.1, 0.15) is 5.56 Å². The SMILES string of the molecule is N#Cc1c(N2CCN/C2=C\[N+](=O)[O-])cc(-c2ccccc2)oc1=O. The molecule has 0 saturated carbocycles. The van der Waals surface area contributed by atoms with Gasteiger partial charge >= 0.3 is 5.63 Å². The lowest BCUT2D eigenvalue weighted by atomic mass is 10.1. The molecule has 0 amide bonds. The molecular formula is C16H12N4O4. The van der Waals surface area contributed by atoms with Crippen molar-refractivity contribution >= 4 is 5.69 Å². The number of nitriles is 1. The van der Waals surface area contributed by atoms with Gasteiger partial charge in [-0.25, -0.2) is 4.79 Å². The summed E-state index contributed by atoms with van der Waals surface area (Å²) in [6.45, 7) is 0.859. The van der Waals surface area contributed by atoms with Crippen molar-refractivity contribution in [2.24, 2.45) is 0 Å². The van der Waals surface area contributed by atoms with E-state index in [0.717, 1.165) is 6.20 Å². The minimum Gasteiger partial charge on any atom is -0.422 e. The molecule has 1 aliphatic heterocycles. The van der Waals surface area contributed by atoms with E-state index in [1.165, 1.54) is 4.90 Å². The molecule has 120 valence electrons. The van der Waals surface area contributed by atoms with E-state index in [-0.39, 0.29) is 17.1 Å². The van der Waals surface area contributed by atoms with Crippen LogP contribution in [-0.4, -0.2) is 18.0 Å². The highest BCUT2D eigenvalue weighted by Gasteiger charge is 2.26. The van der Waals surface area contributed by atoms with Crippen molar-refractivity contribution in [3.63, 3.8) is 0 Å². The van der Waals surface area contributed by atoms with Crippen molar-refractivity contribution < 1.29 is 9.34 Å². The summed E-state index contributed by atoms with van der Waals surface area (Å²) < 4.78 is 5.22. The minimum atomic E-state index is -0.777. The summed E-state index contributed by atoms with van der Waals surface area (Å²) in [7, 11) is 0.